The number of likely N-dealkylation sites (tertiary alicyclic amines) is 1. The molecule has 2 fully saturated rings. The average Bonchev–Trinajstić information content (AvgIpc) is 2.83. The maximum Gasteiger partial charge on any atom is 0.307 e. The van der Waals surface area contributed by atoms with E-state index in [1.807, 2.05) is 0 Å². The molecule has 2 saturated heterocycles. The van der Waals surface area contributed by atoms with Crippen molar-refractivity contribution in [3.8, 4) is 0 Å². The number of nitrogens with zero attached hydrogens (tertiary/aromatic N) is 1. The maximum absolute atomic E-state index is 12.9. The summed E-state index contributed by atoms with van der Waals surface area (Å²) in [5, 5.41) is 17.8. The molecule has 0 saturated carbocycles. The maximum atomic E-state index is 12.9. The largest absolute Gasteiger partial charge is 0.481 e. The molecule has 0 aromatic heterocycles. The zero-order chi connectivity index (χ0) is 23.6. The Morgan fingerprint density at radius 3 is 2.48 bits per heavy atom. The molecule has 2 atom stereocenters. The Labute approximate surface area is 194 Å². The molecular formula is C24H34N4O5. The van der Waals surface area contributed by atoms with E-state index in [1.54, 1.807) is 35.2 Å². The molecule has 4 N–H and O–H groups in total. The van der Waals surface area contributed by atoms with Crippen LogP contribution in [0.1, 0.15) is 55.3 Å². The van der Waals surface area contributed by atoms with E-state index in [-0.39, 0.29) is 11.8 Å². The van der Waals surface area contributed by atoms with Crippen molar-refractivity contribution in [1.29, 1.82) is 0 Å². The summed E-state index contributed by atoms with van der Waals surface area (Å²) in [6, 6.07) is 8.42. The number of carbonyl (C=O) groups is 4. The van der Waals surface area contributed by atoms with Gasteiger partial charge in [0.25, 0.3) is 5.91 Å². The second-order valence-corrected chi connectivity index (χ2v) is 8.91. The lowest BCUT2D eigenvalue weighted by Gasteiger charge is -2.33. The van der Waals surface area contributed by atoms with E-state index >= 15 is 0 Å². The Morgan fingerprint density at radius 2 is 1.79 bits per heavy atom. The molecular weight excluding hydrogens is 424 g/mol. The summed E-state index contributed by atoms with van der Waals surface area (Å²) in [5.41, 5.74) is 0.380. The van der Waals surface area contributed by atoms with Crippen molar-refractivity contribution in [3.05, 3.63) is 35.9 Å². The number of amides is 3. The van der Waals surface area contributed by atoms with Crippen LogP contribution in [-0.4, -0.2) is 66.0 Å². The van der Waals surface area contributed by atoms with Gasteiger partial charge in [-0.05, 0) is 63.2 Å². The molecule has 1 aromatic rings. The van der Waals surface area contributed by atoms with Gasteiger partial charge in [0, 0.05) is 25.1 Å². The third-order valence-corrected chi connectivity index (χ3v) is 6.41. The SMILES string of the molecule is O=C(O)C[C@H](NC(=O)c1ccccc1)NC(=O)[C@@H]1CCCN(C(=O)CCC2CCNCC2)C1. The van der Waals surface area contributed by atoms with Crippen molar-refractivity contribution in [3.63, 3.8) is 0 Å². The topological polar surface area (TPSA) is 128 Å². The Hall–Kier alpha value is -2.94. The number of piperidine rings is 2. The molecule has 9 nitrogen and oxygen atoms in total. The van der Waals surface area contributed by atoms with Crippen LogP contribution in [0.4, 0.5) is 0 Å². The van der Waals surface area contributed by atoms with E-state index in [9.17, 15) is 24.3 Å². The molecule has 3 amide bonds. The normalized spacial score (nSPS) is 20.0. The van der Waals surface area contributed by atoms with Gasteiger partial charge in [-0.3, -0.25) is 19.2 Å². The standard InChI is InChI=1S/C24H34N4O5/c29-21(9-8-17-10-12-25-13-11-17)28-14-4-7-19(16-28)24(33)27-20(15-22(30)31)26-23(32)18-5-2-1-3-6-18/h1-3,5-6,17,19-20,25H,4,7-16H2,(H,26,32)(H,27,33)(H,30,31)/t19-,20-/m1/s1. The molecule has 3 rings (SSSR count). The second-order valence-electron chi connectivity index (χ2n) is 8.91. The minimum absolute atomic E-state index is 0.0745. The van der Waals surface area contributed by atoms with Gasteiger partial charge in [-0.25, -0.2) is 0 Å². The van der Waals surface area contributed by atoms with E-state index in [1.165, 1.54) is 0 Å². The number of aliphatic carboxylic acids is 1. The first kappa shape index (κ1) is 24.7. The average molecular weight is 459 g/mol. The molecule has 2 aliphatic heterocycles. The van der Waals surface area contributed by atoms with Crippen molar-refractivity contribution < 1.29 is 24.3 Å². The molecule has 180 valence electrons. The monoisotopic (exact) mass is 458 g/mol. The lowest BCUT2D eigenvalue weighted by atomic mass is 9.92. The Kier molecular flexibility index (Phi) is 9.24. The zero-order valence-corrected chi connectivity index (χ0v) is 18.9. The minimum atomic E-state index is -1.13. The fourth-order valence-corrected chi connectivity index (χ4v) is 4.51. The van der Waals surface area contributed by atoms with Crippen molar-refractivity contribution in [1.82, 2.24) is 20.9 Å². The van der Waals surface area contributed by atoms with Gasteiger partial charge < -0.3 is 26.0 Å². The van der Waals surface area contributed by atoms with E-state index in [2.05, 4.69) is 16.0 Å². The number of rotatable bonds is 9. The van der Waals surface area contributed by atoms with Crippen LogP contribution in [-0.2, 0) is 14.4 Å². The molecule has 0 bridgehead atoms. The van der Waals surface area contributed by atoms with Crippen LogP contribution in [0.25, 0.3) is 0 Å². The third-order valence-electron chi connectivity index (χ3n) is 6.41. The highest BCUT2D eigenvalue weighted by atomic mass is 16.4. The molecule has 2 heterocycles. The number of nitrogens with one attached hydrogen (secondary N) is 3. The first-order valence-electron chi connectivity index (χ1n) is 11.8. The van der Waals surface area contributed by atoms with Crippen LogP contribution in [0, 0.1) is 11.8 Å². The second kappa shape index (κ2) is 12.3. The highest BCUT2D eigenvalue weighted by molar-refractivity contribution is 5.95. The van der Waals surface area contributed by atoms with Crippen molar-refractivity contribution in [2.75, 3.05) is 26.2 Å². The number of hydrogen-bond acceptors (Lipinski definition) is 5. The van der Waals surface area contributed by atoms with Gasteiger partial charge in [-0.15, -0.1) is 0 Å². The first-order chi connectivity index (χ1) is 15.9. The van der Waals surface area contributed by atoms with Gasteiger partial charge in [-0.1, -0.05) is 18.2 Å². The summed E-state index contributed by atoms with van der Waals surface area (Å²) in [4.78, 5) is 51.1. The van der Waals surface area contributed by atoms with E-state index < -0.39 is 30.4 Å². The van der Waals surface area contributed by atoms with Gasteiger partial charge in [-0.2, -0.15) is 0 Å². The van der Waals surface area contributed by atoms with Crippen LogP contribution in [0.3, 0.4) is 0 Å². The van der Waals surface area contributed by atoms with Gasteiger partial charge >= 0.3 is 5.97 Å². The lowest BCUT2D eigenvalue weighted by molar-refractivity contribution is -0.138. The van der Waals surface area contributed by atoms with Crippen LogP contribution in [0.15, 0.2) is 30.3 Å². The van der Waals surface area contributed by atoms with Gasteiger partial charge in [0.15, 0.2) is 0 Å². The smallest absolute Gasteiger partial charge is 0.307 e. The van der Waals surface area contributed by atoms with Gasteiger partial charge in [0.1, 0.15) is 6.17 Å². The fourth-order valence-electron chi connectivity index (χ4n) is 4.51. The molecule has 1 aromatic carbocycles. The highest BCUT2D eigenvalue weighted by Crippen LogP contribution is 2.21. The summed E-state index contributed by atoms with van der Waals surface area (Å²) < 4.78 is 0. The van der Waals surface area contributed by atoms with Gasteiger partial charge in [0.05, 0.1) is 12.3 Å². The molecule has 0 spiro atoms. The molecule has 2 aliphatic rings. The summed E-state index contributed by atoms with van der Waals surface area (Å²) >= 11 is 0. The van der Waals surface area contributed by atoms with Crippen LogP contribution >= 0.6 is 0 Å². The predicted molar refractivity (Wildman–Crippen MR) is 122 cm³/mol. The highest BCUT2D eigenvalue weighted by Gasteiger charge is 2.30. The molecule has 0 unspecified atom stereocenters. The number of carbonyl (C=O) groups excluding carboxylic acids is 3. The third kappa shape index (κ3) is 7.85. The number of benzene rings is 1. The van der Waals surface area contributed by atoms with E-state index in [4.69, 9.17) is 0 Å². The Bertz CT molecular complexity index is 825. The molecule has 0 aliphatic carbocycles. The zero-order valence-electron chi connectivity index (χ0n) is 18.9. The van der Waals surface area contributed by atoms with Crippen LogP contribution in [0.5, 0.6) is 0 Å². The molecule has 9 heteroatoms. The van der Waals surface area contributed by atoms with Crippen molar-refractivity contribution >= 4 is 23.7 Å². The number of carboxylic acid groups (broad SMARTS) is 1. The summed E-state index contributed by atoms with van der Waals surface area (Å²) in [5.74, 6) is -1.71. The van der Waals surface area contributed by atoms with Gasteiger partial charge in [0.2, 0.25) is 11.8 Å². The predicted octanol–water partition coefficient (Wildman–Crippen LogP) is 1.35. The summed E-state index contributed by atoms with van der Waals surface area (Å²) in [7, 11) is 0. The molecule has 33 heavy (non-hydrogen) atoms. The lowest BCUT2D eigenvalue weighted by Crippen LogP contribution is -2.53. The van der Waals surface area contributed by atoms with Crippen molar-refractivity contribution in [2.24, 2.45) is 11.8 Å². The van der Waals surface area contributed by atoms with E-state index in [0.717, 1.165) is 38.8 Å². The molecule has 0 radical (unpaired) electrons. The number of hydrogen-bond donors (Lipinski definition) is 4. The Balaban J connectivity index is 1.52. The van der Waals surface area contributed by atoms with Crippen molar-refractivity contribution in [2.45, 2.75) is 51.1 Å². The Morgan fingerprint density at radius 1 is 1.06 bits per heavy atom. The van der Waals surface area contributed by atoms with Crippen LogP contribution < -0.4 is 16.0 Å². The van der Waals surface area contributed by atoms with E-state index in [0.29, 0.717) is 37.4 Å². The number of carboxylic acids is 1. The summed E-state index contributed by atoms with van der Waals surface area (Å²) in [6.45, 7) is 2.97. The quantitative estimate of drug-likeness (QED) is 0.414. The summed E-state index contributed by atoms with van der Waals surface area (Å²) in [6.07, 6.45) is 3.43. The first-order valence-corrected chi connectivity index (χ1v) is 11.8. The van der Waals surface area contributed by atoms with Crippen LogP contribution in [0.2, 0.25) is 0 Å². The fraction of sp³-hybridized carbons (Fsp3) is 0.583. The minimum Gasteiger partial charge on any atom is -0.481 e.